The van der Waals surface area contributed by atoms with E-state index in [1.165, 1.54) is 0 Å². The highest BCUT2D eigenvalue weighted by Crippen LogP contribution is 2.51. The molecule has 1 spiro atoms. The van der Waals surface area contributed by atoms with Crippen molar-refractivity contribution in [1.82, 2.24) is 10.2 Å². The van der Waals surface area contributed by atoms with Gasteiger partial charge in [0, 0.05) is 24.0 Å². The van der Waals surface area contributed by atoms with E-state index in [2.05, 4.69) is 12.2 Å². The van der Waals surface area contributed by atoms with Crippen molar-refractivity contribution in [3.05, 3.63) is 0 Å². The summed E-state index contributed by atoms with van der Waals surface area (Å²) >= 11 is 0. The molecule has 2 aliphatic rings. The summed E-state index contributed by atoms with van der Waals surface area (Å²) in [5.41, 5.74) is 2.91. The molecule has 2 amide bonds. The van der Waals surface area contributed by atoms with Crippen molar-refractivity contribution in [2.75, 3.05) is 6.54 Å². The third-order valence-corrected chi connectivity index (χ3v) is 5.58. The molecule has 2 saturated heterocycles. The van der Waals surface area contributed by atoms with E-state index in [4.69, 9.17) is 10.5 Å². The number of ether oxygens (including phenoxy) is 1. The van der Waals surface area contributed by atoms with Gasteiger partial charge in [0.15, 0.2) is 5.60 Å². The molecule has 25 heavy (non-hydrogen) atoms. The number of nitrogens with zero attached hydrogens (tertiary/aromatic N) is 1. The van der Waals surface area contributed by atoms with E-state index in [9.17, 15) is 9.59 Å². The van der Waals surface area contributed by atoms with E-state index < -0.39 is 28.7 Å². The lowest BCUT2D eigenvalue weighted by atomic mass is 9.64. The van der Waals surface area contributed by atoms with Crippen molar-refractivity contribution in [1.29, 1.82) is 0 Å². The Bertz CT molecular complexity index is 560. The second-order valence-corrected chi connectivity index (χ2v) is 9.12. The van der Waals surface area contributed by atoms with Crippen LogP contribution in [0, 0.1) is 5.92 Å². The summed E-state index contributed by atoms with van der Waals surface area (Å²) in [5, 5.41) is 3.49. The van der Waals surface area contributed by atoms with Crippen LogP contribution in [0.25, 0.3) is 0 Å². The van der Waals surface area contributed by atoms with E-state index >= 15 is 0 Å². The van der Waals surface area contributed by atoms with Crippen molar-refractivity contribution >= 4 is 11.8 Å². The van der Waals surface area contributed by atoms with E-state index in [0.29, 0.717) is 13.0 Å². The summed E-state index contributed by atoms with van der Waals surface area (Å²) < 4.78 is 6.58. The van der Waals surface area contributed by atoms with Crippen molar-refractivity contribution in [2.24, 2.45) is 11.7 Å². The fourth-order valence-electron chi connectivity index (χ4n) is 5.36. The zero-order valence-corrected chi connectivity index (χ0v) is 16.9. The number of hydrogen-bond acceptors (Lipinski definition) is 4. The Morgan fingerprint density at radius 2 is 1.84 bits per heavy atom. The molecule has 0 aromatic heterocycles. The van der Waals surface area contributed by atoms with Crippen LogP contribution < -0.4 is 11.1 Å². The molecular weight excluding hydrogens is 318 g/mol. The third-order valence-electron chi connectivity index (χ3n) is 5.58. The molecule has 2 fully saturated rings. The van der Waals surface area contributed by atoms with E-state index in [0.717, 1.165) is 19.3 Å². The summed E-state index contributed by atoms with van der Waals surface area (Å²) in [7, 11) is 0. The molecule has 0 saturated carbocycles. The zero-order valence-electron chi connectivity index (χ0n) is 16.9. The molecule has 0 radical (unpaired) electrons. The van der Waals surface area contributed by atoms with E-state index in [1.807, 2.05) is 46.4 Å². The lowest BCUT2D eigenvalue weighted by Crippen LogP contribution is -2.74. The van der Waals surface area contributed by atoms with E-state index in [1.54, 1.807) is 0 Å². The standard InChI is InChI=1S/C19H35N3O3/c1-8-10-18(7)22(11-9-2)15(24)19(25-18)12-16(3,4)21-17(5,6)13(19)14(20)23/h13,21H,8-12H2,1-7H3,(H2,20,23). The smallest absolute Gasteiger partial charge is 0.258 e. The minimum Gasteiger partial charge on any atom is -0.369 e. The van der Waals surface area contributed by atoms with Crippen LogP contribution in [0.2, 0.25) is 0 Å². The van der Waals surface area contributed by atoms with Gasteiger partial charge in [-0.25, -0.2) is 0 Å². The Kier molecular flexibility index (Phi) is 5.03. The number of piperidine rings is 1. The number of hydrogen-bond donors (Lipinski definition) is 2. The molecule has 0 aromatic rings. The predicted octanol–water partition coefficient (Wildman–Crippen LogP) is 2.16. The molecule has 144 valence electrons. The second kappa shape index (κ2) is 6.23. The Hall–Kier alpha value is -1.14. The second-order valence-electron chi connectivity index (χ2n) is 9.12. The number of carbonyl (C=O) groups is 2. The summed E-state index contributed by atoms with van der Waals surface area (Å²) in [6.45, 7) is 14.7. The van der Waals surface area contributed by atoms with Gasteiger partial charge in [0.25, 0.3) is 5.91 Å². The molecule has 3 unspecified atom stereocenters. The molecule has 6 heteroatoms. The lowest BCUT2D eigenvalue weighted by Gasteiger charge is -2.54. The quantitative estimate of drug-likeness (QED) is 0.793. The maximum absolute atomic E-state index is 13.6. The topological polar surface area (TPSA) is 84.7 Å². The maximum Gasteiger partial charge on any atom is 0.258 e. The Balaban J connectivity index is 2.61. The Morgan fingerprint density at radius 3 is 2.32 bits per heavy atom. The van der Waals surface area contributed by atoms with Crippen LogP contribution in [0.1, 0.15) is 74.1 Å². The molecule has 0 aromatic carbocycles. The maximum atomic E-state index is 13.6. The summed E-state index contributed by atoms with van der Waals surface area (Å²) in [6, 6.07) is 0. The molecule has 3 N–H and O–H groups in total. The van der Waals surface area contributed by atoms with Crippen LogP contribution in [-0.2, 0) is 14.3 Å². The highest BCUT2D eigenvalue weighted by molar-refractivity contribution is 5.95. The Labute approximate surface area is 151 Å². The SMILES string of the molecule is CCCN1C(=O)C2(CC(C)(C)NC(C)(C)C2C(N)=O)OC1(C)CCC. The lowest BCUT2D eigenvalue weighted by molar-refractivity contribution is -0.191. The molecular formula is C19H35N3O3. The largest absolute Gasteiger partial charge is 0.369 e. The number of nitrogens with one attached hydrogen (secondary N) is 1. The van der Waals surface area contributed by atoms with Crippen LogP contribution in [0.3, 0.4) is 0 Å². The molecule has 2 rings (SSSR count). The van der Waals surface area contributed by atoms with Gasteiger partial charge >= 0.3 is 0 Å². The van der Waals surface area contributed by atoms with Gasteiger partial charge in [-0.2, -0.15) is 0 Å². The van der Waals surface area contributed by atoms with Crippen molar-refractivity contribution < 1.29 is 14.3 Å². The highest BCUT2D eigenvalue weighted by atomic mass is 16.6. The Morgan fingerprint density at radius 1 is 1.24 bits per heavy atom. The monoisotopic (exact) mass is 353 g/mol. The van der Waals surface area contributed by atoms with Gasteiger partial charge in [-0.3, -0.25) is 9.59 Å². The van der Waals surface area contributed by atoms with Gasteiger partial charge in [0.1, 0.15) is 5.72 Å². The van der Waals surface area contributed by atoms with Gasteiger partial charge in [0.05, 0.1) is 5.92 Å². The summed E-state index contributed by atoms with van der Waals surface area (Å²) in [6.07, 6.45) is 2.90. The fourth-order valence-corrected chi connectivity index (χ4v) is 5.36. The van der Waals surface area contributed by atoms with Gasteiger partial charge in [0.2, 0.25) is 5.91 Å². The van der Waals surface area contributed by atoms with Gasteiger partial charge in [-0.1, -0.05) is 20.3 Å². The normalized spacial score (nSPS) is 36.8. The van der Waals surface area contributed by atoms with Crippen molar-refractivity contribution in [3.8, 4) is 0 Å². The van der Waals surface area contributed by atoms with Crippen molar-refractivity contribution in [2.45, 2.75) is 96.6 Å². The number of carbonyl (C=O) groups excluding carboxylic acids is 2. The summed E-state index contributed by atoms with van der Waals surface area (Å²) in [4.78, 5) is 27.9. The number of rotatable bonds is 5. The van der Waals surface area contributed by atoms with E-state index in [-0.39, 0.29) is 11.4 Å². The molecule has 0 bridgehead atoms. The fraction of sp³-hybridized carbons (Fsp3) is 0.895. The first-order valence-electron chi connectivity index (χ1n) is 9.46. The van der Waals surface area contributed by atoms with Crippen LogP contribution in [0.5, 0.6) is 0 Å². The predicted molar refractivity (Wildman–Crippen MR) is 97.7 cm³/mol. The number of amides is 2. The van der Waals surface area contributed by atoms with Crippen molar-refractivity contribution in [3.63, 3.8) is 0 Å². The van der Waals surface area contributed by atoms with Gasteiger partial charge < -0.3 is 20.7 Å². The highest BCUT2D eigenvalue weighted by Gasteiger charge is 2.69. The first-order chi connectivity index (χ1) is 11.4. The minimum absolute atomic E-state index is 0.0863. The summed E-state index contributed by atoms with van der Waals surface area (Å²) in [5.74, 6) is -1.30. The van der Waals surface area contributed by atoms with Crippen LogP contribution >= 0.6 is 0 Å². The molecule has 6 nitrogen and oxygen atoms in total. The van der Waals surface area contributed by atoms with Crippen LogP contribution in [-0.4, -0.2) is 45.7 Å². The first kappa shape index (κ1) is 20.2. The first-order valence-corrected chi connectivity index (χ1v) is 9.46. The van der Waals surface area contributed by atoms with Crippen LogP contribution in [0.15, 0.2) is 0 Å². The average Bonchev–Trinajstić information content (AvgIpc) is 2.57. The van der Waals surface area contributed by atoms with Crippen LogP contribution in [0.4, 0.5) is 0 Å². The van der Waals surface area contributed by atoms with Gasteiger partial charge in [-0.05, 0) is 47.5 Å². The third kappa shape index (κ3) is 3.19. The molecule has 2 heterocycles. The molecule has 2 aliphatic heterocycles. The zero-order chi connectivity index (χ0) is 19.3. The number of nitrogens with two attached hydrogens (primary N) is 1. The number of primary amides is 1. The van der Waals surface area contributed by atoms with Gasteiger partial charge in [-0.15, -0.1) is 0 Å². The minimum atomic E-state index is -1.21. The molecule has 3 atom stereocenters. The molecule has 0 aliphatic carbocycles. The average molecular weight is 354 g/mol.